The lowest BCUT2D eigenvalue weighted by Gasteiger charge is -2.24. The molecule has 3 rings (SSSR count). The van der Waals surface area contributed by atoms with Crippen LogP contribution in [0.2, 0.25) is 0 Å². The summed E-state index contributed by atoms with van der Waals surface area (Å²) < 4.78 is 2.27. The molecular formula is C16H24N4O. The molecule has 21 heavy (non-hydrogen) atoms. The summed E-state index contributed by atoms with van der Waals surface area (Å²) in [5.74, 6) is 1.06. The van der Waals surface area contributed by atoms with E-state index in [-0.39, 0.29) is 6.61 Å². The molecule has 1 atom stereocenters. The van der Waals surface area contributed by atoms with Crippen LogP contribution in [0.4, 0.5) is 0 Å². The van der Waals surface area contributed by atoms with E-state index in [1.807, 2.05) is 18.3 Å². The predicted octanol–water partition coefficient (Wildman–Crippen LogP) is 1.84. The van der Waals surface area contributed by atoms with E-state index < -0.39 is 0 Å². The van der Waals surface area contributed by atoms with Gasteiger partial charge in [0.05, 0.1) is 0 Å². The summed E-state index contributed by atoms with van der Waals surface area (Å²) in [6, 6.07) is 4.54. The smallest absolute Gasteiger partial charge is 0.160 e. The first kappa shape index (κ1) is 14.5. The third-order valence-corrected chi connectivity index (χ3v) is 4.44. The van der Waals surface area contributed by atoms with E-state index in [2.05, 4.69) is 21.4 Å². The highest BCUT2D eigenvalue weighted by atomic mass is 16.2. The van der Waals surface area contributed by atoms with E-state index in [9.17, 15) is 0 Å². The number of aliphatic hydroxyl groups is 1. The Balaban J connectivity index is 1.91. The van der Waals surface area contributed by atoms with Crippen LogP contribution in [0.3, 0.4) is 0 Å². The zero-order valence-electron chi connectivity index (χ0n) is 12.7. The Kier molecular flexibility index (Phi) is 4.51. The number of hydrogen-bond acceptors (Lipinski definition) is 4. The largest absolute Gasteiger partial charge is 0.396 e. The van der Waals surface area contributed by atoms with E-state index in [1.54, 1.807) is 0 Å². The molecule has 0 amide bonds. The van der Waals surface area contributed by atoms with Crippen molar-refractivity contribution in [2.24, 2.45) is 0 Å². The minimum absolute atomic E-state index is 0.209. The van der Waals surface area contributed by atoms with Gasteiger partial charge in [0.25, 0.3) is 0 Å². The van der Waals surface area contributed by atoms with Crippen molar-refractivity contribution in [3.8, 4) is 0 Å². The molecule has 114 valence electrons. The van der Waals surface area contributed by atoms with Crippen molar-refractivity contribution in [2.75, 3.05) is 19.7 Å². The normalized spacial score (nSPS) is 19.6. The fourth-order valence-corrected chi connectivity index (χ4v) is 3.35. The number of aliphatic hydroxyl groups excluding tert-OH is 1. The van der Waals surface area contributed by atoms with E-state index >= 15 is 0 Å². The number of nitrogens with zero attached hydrogens (tertiary/aromatic N) is 4. The molecule has 0 aliphatic carbocycles. The van der Waals surface area contributed by atoms with Crippen molar-refractivity contribution in [3.63, 3.8) is 0 Å². The lowest BCUT2D eigenvalue weighted by molar-refractivity contribution is 0.243. The molecule has 1 N–H and O–H groups in total. The van der Waals surface area contributed by atoms with Gasteiger partial charge in [0.15, 0.2) is 5.65 Å². The van der Waals surface area contributed by atoms with E-state index in [0.717, 1.165) is 42.9 Å². The van der Waals surface area contributed by atoms with Crippen molar-refractivity contribution < 1.29 is 5.11 Å². The van der Waals surface area contributed by atoms with Crippen molar-refractivity contribution >= 4 is 11.2 Å². The first-order valence-electron chi connectivity index (χ1n) is 7.98. The molecule has 1 aliphatic rings. The van der Waals surface area contributed by atoms with Crippen LogP contribution < -0.4 is 0 Å². The Labute approximate surface area is 125 Å². The number of imidazole rings is 1. The zero-order valence-corrected chi connectivity index (χ0v) is 12.7. The lowest BCUT2D eigenvalue weighted by atomic mass is 10.2. The van der Waals surface area contributed by atoms with Gasteiger partial charge in [0.2, 0.25) is 0 Å². The maximum absolute atomic E-state index is 9.10. The summed E-state index contributed by atoms with van der Waals surface area (Å²) in [6.07, 6.45) is 5.93. The molecule has 0 aromatic carbocycles. The van der Waals surface area contributed by atoms with Crippen LogP contribution in [0.5, 0.6) is 0 Å². The zero-order chi connectivity index (χ0) is 14.7. The molecule has 1 saturated heterocycles. The van der Waals surface area contributed by atoms with Crippen LogP contribution in [0.15, 0.2) is 18.3 Å². The van der Waals surface area contributed by atoms with Crippen LogP contribution >= 0.6 is 0 Å². The van der Waals surface area contributed by atoms with Gasteiger partial charge in [0.1, 0.15) is 11.3 Å². The maximum Gasteiger partial charge on any atom is 0.160 e. The van der Waals surface area contributed by atoms with Gasteiger partial charge in [-0.25, -0.2) is 9.97 Å². The van der Waals surface area contributed by atoms with Gasteiger partial charge in [0, 0.05) is 31.8 Å². The van der Waals surface area contributed by atoms with Crippen molar-refractivity contribution in [1.29, 1.82) is 0 Å². The SMILES string of the molecule is CCN1CCCC1Cn1c(CCCO)nc2cccnc21. The van der Waals surface area contributed by atoms with Gasteiger partial charge in [-0.05, 0) is 44.5 Å². The van der Waals surface area contributed by atoms with Crippen LogP contribution in [0, 0.1) is 0 Å². The van der Waals surface area contributed by atoms with Gasteiger partial charge in [-0.2, -0.15) is 0 Å². The van der Waals surface area contributed by atoms with Crippen LogP contribution in [0.1, 0.15) is 32.0 Å². The number of aromatic nitrogens is 3. The van der Waals surface area contributed by atoms with E-state index in [4.69, 9.17) is 10.1 Å². The second-order valence-corrected chi connectivity index (χ2v) is 5.74. The highest BCUT2D eigenvalue weighted by Gasteiger charge is 2.25. The lowest BCUT2D eigenvalue weighted by Crippen LogP contribution is -2.33. The molecule has 1 fully saturated rings. The summed E-state index contributed by atoms with van der Waals surface area (Å²) in [5.41, 5.74) is 1.94. The van der Waals surface area contributed by atoms with Gasteiger partial charge >= 0.3 is 0 Å². The number of pyridine rings is 1. The van der Waals surface area contributed by atoms with Gasteiger partial charge in [-0.15, -0.1) is 0 Å². The summed E-state index contributed by atoms with van der Waals surface area (Å²) in [7, 11) is 0. The summed E-state index contributed by atoms with van der Waals surface area (Å²) >= 11 is 0. The summed E-state index contributed by atoms with van der Waals surface area (Å²) in [5, 5.41) is 9.10. The first-order chi connectivity index (χ1) is 10.3. The highest BCUT2D eigenvalue weighted by molar-refractivity contribution is 5.71. The molecule has 5 nitrogen and oxygen atoms in total. The van der Waals surface area contributed by atoms with Crippen molar-refractivity contribution in [2.45, 2.75) is 45.2 Å². The average Bonchev–Trinajstić information content (AvgIpc) is 3.10. The molecule has 0 saturated carbocycles. The quantitative estimate of drug-likeness (QED) is 0.881. The topological polar surface area (TPSA) is 54.2 Å². The fraction of sp³-hybridized carbons (Fsp3) is 0.625. The number of rotatable bonds is 6. The highest BCUT2D eigenvalue weighted by Crippen LogP contribution is 2.22. The number of aryl methyl sites for hydroxylation is 1. The molecule has 5 heteroatoms. The molecular weight excluding hydrogens is 264 g/mol. The Hall–Kier alpha value is -1.46. The standard InChI is InChI=1S/C16H24N4O/c1-2-19-10-4-6-13(19)12-20-15(8-5-11-21)18-14-7-3-9-17-16(14)20/h3,7,9,13,21H,2,4-6,8,10-12H2,1H3. The Morgan fingerprint density at radius 2 is 2.33 bits per heavy atom. The van der Waals surface area contributed by atoms with Crippen LogP contribution in [-0.4, -0.2) is 50.3 Å². The average molecular weight is 288 g/mol. The van der Waals surface area contributed by atoms with Gasteiger partial charge in [-0.1, -0.05) is 6.92 Å². The molecule has 2 aromatic rings. The van der Waals surface area contributed by atoms with E-state index in [0.29, 0.717) is 6.04 Å². The van der Waals surface area contributed by atoms with Crippen molar-refractivity contribution in [1.82, 2.24) is 19.4 Å². The second kappa shape index (κ2) is 6.54. The maximum atomic E-state index is 9.10. The predicted molar refractivity (Wildman–Crippen MR) is 83.2 cm³/mol. The summed E-state index contributed by atoms with van der Waals surface area (Å²) in [4.78, 5) is 11.8. The second-order valence-electron chi connectivity index (χ2n) is 5.74. The molecule has 0 spiro atoms. The number of likely N-dealkylation sites (N-methyl/N-ethyl adjacent to an activating group) is 1. The molecule has 0 radical (unpaired) electrons. The Morgan fingerprint density at radius 1 is 1.43 bits per heavy atom. The number of likely N-dealkylation sites (tertiary alicyclic amines) is 1. The minimum atomic E-state index is 0.209. The van der Waals surface area contributed by atoms with Crippen LogP contribution in [-0.2, 0) is 13.0 Å². The third kappa shape index (κ3) is 2.94. The third-order valence-electron chi connectivity index (χ3n) is 4.44. The van der Waals surface area contributed by atoms with Crippen molar-refractivity contribution in [3.05, 3.63) is 24.2 Å². The molecule has 1 unspecified atom stereocenters. The Bertz CT molecular complexity index is 595. The Morgan fingerprint density at radius 3 is 3.14 bits per heavy atom. The number of hydrogen-bond donors (Lipinski definition) is 1. The first-order valence-corrected chi connectivity index (χ1v) is 7.98. The molecule has 2 aromatic heterocycles. The van der Waals surface area contributed by atoms with E-state index in [1.165, 1.54) is 19.4 Å². The minimum Gasteiger partial charge on any atom is -0.396 e. The summed E-state index contributed by atoms with van der Waals surface area (Å²) in [6.45, 7) is 5.71. The van der Waals surface area contributed by atoms with Gasteiger partial charge < -0.3 is 9.67 Å². The van der Waals surface area contributed by atoms with Crippen LogP contribution in [0.25, 0.3) is 11.2 Å². The molecule has 0 bridgehead atoms. The molecule has 1 aliphatic heterocycles. The molecule has 3 heterocycles. The monoisotopic (exact) mass is 288 g/mol. The fourth-order valence-electron chi connectivity index (χ4n) is 3.35. The van der Waals surface area contributed by atoms with Gasteiger partial charge in [-0.3, -0.25) is 4.90 Å². The number of fused-ring (bicyclic) bond motifs is 1.